The van der Waals surface area contributed by atoms with Crippen LogP contribution >= 0.6 is 11.6 Å². The van der Waals surface area contributed by atoms with Crippen molar-refractivity contribution >= 4 is 29.3 Å². The monoisotopic (exact) mass is 446 g/mol. The van der Waals surface area contributed by atoms with Gasteiger partial charge in [-0.15, -0.1) is 6.58 Å². The zero-order valence-electron chi connectivity index (χ0n) is 17.1. The molecule has 0 unspecified atom stereocenters. The second-order valence-corrected chi connectivity index (χ2v) is 7.25. The average molecular weight is 447 g/mol. The standard InChI is InChI=1S/C26H20ClFN2O2/c1-2-7-19-14-18(12-13-25(19)32-17-20-8-3-4-9-22(20)27)15-21(16-29)26(31)30-24-11-6-5-10-23(24)28/h2-6,8-15H,1,7,17H2,(H,30,31)/b21-15-. The number of nitrogens with one attached hydrogen (secondary N) is 1. The Morgan fingerprint density at radius 2 is 1.88 bits per heavy atom. The predicted molar refractivity (Wildman–Crippen MR) is 125 cm³/mol. The highest BCUT2D eigenvalue weighted by Gasteiger charge is 2.13. The molecule has 0 radical (unpaired) electrons. The predicted octanol–water partition coefficient (Wildman–Crippen LogP) is 6.33. The van der Waals surface area contributed by atoms with Crippen molar-refractivity contribution in [3.63, 3.8) is 0 Å². The lowest BCUT2D eigenvalue weighted by atomic mass is 10.0. The van der Waals surface area contributed by atoms with E-state index in [-0.39, 0.29) is 11.3 Å². The molecule has 160 valence electrons. The number of nitrogens with zero attached hydrogens (tertiary/aromatic N) is 1. The molecule has 32 heavy (non-hydrogen) atoms. The Labute approximate surface area is 191 Å². The smallest absolute Gasteiger partial charge is 0.266 e. The molecule has 1 N–H and O–H groups in total. The minimum atomic E-state index is -0.693. The molecule has 3 aromatic carbocycles. The molecule has 0 aliphatic rings. The van der Waals surface area contributed by atoms with Crippen LogP contribution in [-0.4, -0.2) is 5.91 Å². The Hall–Kier alpha value is -3.88. The van der Waals surface area contributed by atoms with Crippen LogP contribution in [0.4, 0.5) is 10.1 Å². The van der Waals surface area contributed by atoms with E-state index in [0.717, 1.165) is 11.1 Å². The molecule has 0 saturated heterocycles. The maximum atomic E-state index is 13.8. The summed E-state index contributed by atoms with van der Waals surface area (Å²) < 4.78 is 19.7. The number of allylic oxidation sites excluding steroid dienone is 1. The van der Waals surface area contributed by atoms with Crippen LogP contribution in [-0.2, 0) is 17.8 Å². The number of ether oxygens (including phenoxy) is 1. The Balaban J connectivity index is 1.81. The van der Waals surface area contributed by atoms with Gasteiger partial charge in [0.05, 0.1) is 5.69 Å². The van der Waals surface area contributed by atoms with Crippen molar-refractivity contribution in [3.8, 4) is 11.8 Å². The lowest BCUT2D eigenvalue weighted by molar-refractivity contribution is -0.112. The number of benzene rings is 3. The lowest BCUT2D eigenvalue weighted by Crippen LogP contribution is -2.14. The summed E-state index contributed by atoms with van der Waals surface area (Å²) in [6, 6.07) is 20.4. The number of para-hydroxylation sites is 1. The first-order valence-corrected chi connectivity index (χ1v) is 10.2. The third kappa shape index (κ3) is 5.84. The number of hydrogen-bond acceptors (Lipinski definition) is 3. The van der Waals surface area contributed by atoms with Gasteiger partial charge in [-0.05, 0) is 54.0 Å². The summed E-state index contributed by atoms with van der Waals surface area (Å²) in [6.07, 6.45) is 3.71. The lowest BCUT2D eigenvalue weighted by Gasteiger charge is -2.12. The van der Waals surface area contributed by atoms with Gasteiger partial charge in [-0.1, -0.05) is 54.1 Å². The minimum absolute atomic E-state index is 0.00863. The molecule has 0 fully saturated rings. The number of hydrogen-bond donors (Lipinski definition) is 1. The topological polar surface area (TPSA) is 62.1 Å². The second-order valence-electron chi connectivity index (χ2n) is 6.84. The molecule has 0 aromatic heterocycles. The summed E-state index contributed by atoms with van der Waals surface area (Å²) in [5, 5.41) is 12.5. The largest absolute Gasteiger partial charge is 0.489 e. The van der Waals surface area contributed by atoms with E-state index in [0.29, 0.717) is 29.4 Å². The third-order valence-corrected chi connectivity index (χ3v) is 4.96. The first kappa shape index (κ1) is 22.8. The van der Waals surface area contributed by atoms with Crippen LogP contribution in [0.15, 0.2) is 85.0 Å². The second kappa shape index (κ2) is 10.9. The van der Waals surface area contributed by atoms with E-state index < -0.39 is 11.7 Å². The molecule has 0 spiro atoms. The number of nitriles is 1. The van der Waals surface area contributed by atoms with Crippen LogP contribution in [0.3, 0.4) is 0 Å². The summed E-state index contributed by atoms with van der Waals surface area (Å²) in [5.41, 5.74) is 2.19. The highest BCUT2D eigenvalue weighted by atomic mass is 35.5. The van der Waals surface area contributed by atoms with Crippen molar-refractivity contribution in [2.24, 2.45) is 0 Å². The van der Waals surface area contributed by atoms with Crippen LogP contribution in [0.25, 0.3) is 6.08 Å². The Morgan fingerprint density at radius 3 is 2.59 bits per heavy atom. The molecule has 1 amide bonds. The Bertz CT molecular complexity index is 1210. The number of carbonyl (C=O) groups is 1. The number of carbonyl (C=O) groups excluding carboxylic acids is 1. The Morgan fingerprint density at radius 1 is 1.12 bits per heavy atom. The summed E-state index contributed by atoms with van der Waals surface area (Å²) in [5.74, 6) is -0.621. The van der Waals surface area contributed by atoms with Crippen molar-refractivity contribution in [3.05, 3.63) is 112 Å². The maximum absolute atomic E-state index is 13.8. The van der Waals surface area contributed by atoms with Gasteiger partial charge in [0.15, 0.2) is 0 Å². The highest BCUT2D eigenvalue weighted by molar-refractivity contribution is 6.31. The zero-order valence-corrected chi connectivity index (χ0v) is 17.9. The summed E-state index contributed by atoms with van der Waals surface area (Å²) in [6.45, 7) is 4.07. The fraction of sp³-hybridized carbons (Fsp3) is 0.0769. The number of halogens is 2. The van der Waals surface area contributed by atoms with E-state index in [9.17, 15) is 14.4 Å². The normalized spacial score (nSPS) is 10.8. The number of rotatable bonds is 8. The molecule has 4 nitrogen and oxygen atoms in total. The highest BCUT2D eigenvalue weighted by Crippen LogP contribution is 2.25. The first-order chi connectivity index (χ1) is 15.5. The molecule has 0 heterocycles. The van der Waals surface area contributed by atoms with Crippen LogP contribution in [0.5, 0.6) is 5.75 Å². The van der Waals surface area contributed by atoms with Gasteiger partial charge < -0.3 is 10.1 Å². The van der Waals surface area contributed by atoms with Crippen LogP contribution in [0.1, 0.15) is 16.7 Å². The van der Waals surface area contributed by atoms with Gasteiger partial charge in [-0.2, -0.15) is 5.26 Å². The van der Waals surface area contributed by atoms with Crippen molar-refractivity contribution in [2.45, 2.75) is 13.0 Å². The van der Waals surface area contributed by atoms with Gasteiger partial charge in [0, 0.05) is 10.6 Å². The third-order valence-electron chi connectivity index (χ3n) is 4.59. The molecular weight excluding hydrogens is 427 g/mol. The van der Waals surface area contributed by atoms with Gasteiger partial charge in [0.1, 0.15) is 29.8 Å². The summed E-state index contributed by atoms with van der Waals surface area (Å²) in [7, 11) is 0. The van der Waals surface area contributed by atoms with Crippen LogP contribution < -0.4 is 10.1 Å². The summed E-state index contributed by atoms with van der Waals surface area (Å²) >= 11 is 6.19. The molecule has 3 rings (SSSR count). The van der Waals surface area contributed by atoms with Gasteiger partial charge >= 0.3 is 0 Å². The molecule has 0 bridgehead atoms. The van der Waals surface area contributed by atoms with E-state index in [4.69, 9.17) is 16.3 Å². The van der Waals surface area contributed by atoms with Crippen LogP contribution in [0, 0.1) is 17.1 Å². The molecule has 0 aliphatic carbocycles. The van der Waals surface area contributed by atoms with E-state index in [1.807, 2.05) is 30.3 Å². The average Bonchev–Trinajstić information content (AvgIpc) is 2.79. The SMILES string of the molecule is C=CCc1cc(/C=C(/C#N)C(=O)Nc2ccccc2F)ccc1OCc1ccccc1Cl. The fourth-order valence-electron chi connectivity index (χ4n) is 2.98. The van der Waals surface area contributed by atoms with E-state index >= 15 is 0 Å². The van der Waals surface area contributed by atoms with Gasteiger partial charge in [-0.25, -0.2) is 4.39 Å². The quantitative estimate of drug-likeness (QED) is 0.250. The van der Waals surface area contributed by atoms with E-state index in [2.05, 4.69) is 11.9 Å². The molecule has 6 heteroatoms. The number of amides is 1. The minimum Gasteiger partial charge on any atom is -0.489 e. The number of anilines is 1. The molecular formula is C26H20ClFN2O2. The van der Waals surface area contributed by atoms with Gasteiger partial charge in [0.25, 0.3) is 5.91 Å². The zero-order chi connectivity index (χ0) is 22.9. The molecule has 0 saturated carbocycles. The Kier molecular flexibility index (Phi) is 7.80. The van der Waals surface area contributed by atoms with Crippen LogP contribution in [0.2, 0.25) is 5.02 Å². The van der Waals surface area contributed by atoms with Crippen molar-refractivity contribution in [1.82, 2.24) is 0 Å². The van der Waals surface area contributed by atoms with E-state index in [1.165, 1.54) is 24.3 Å². The fourth-order valence-corrected chi connectivity index (χ4v) is 3.17. The van der Waals surface area contributed by atoms with E-state index in [1.54, 1.807) is 30.3 Å². The van der Waals surface area contributed by atoms with Crippen molar-refractivity contribution in [2.75, 3.05) is 5.32 Å². The molecule has 3 aromatic rings. The van der Waals surface area contributed by atoms with Gasteiger partial charge in [0.2, 0.25) is 0 Å². The first-order valence-electron chi connectivity index (χ1n) is 9.79. The maximum Gasteiger partial charge on any atom is 0.266 e. The molecule has 0 atom stereocenters. The molecule has 0 aliphatic heterocycles. The van der Waals surface area contributed by atoms with Crippen molar-refractivity contribution in [1.29, 1.82) is 5.26 Å². The van der Waals surface area contributed by atoms with Gasteiger partial charge in [-0.3, -0.25) is 4.79 Å². The van der Waals surface area contributed by atoms with Crippen molar-refractivity contribution < 1.29 is 13.9 Å². The summed E-state index contributed by atoms with van der Waals surface area (Å²) in [4.78, 5) is 12.4.